The fraction of sp³-hybridized carbons (Fsp3) is 0.200. The Morgan fingerprint density at radius 3 is 2.41 bits per heavy atom. The minimum atomic E-state index is -3.48. The third-order valence-corrected chi connectivity index (χ3v) is 5.61. The molecular weight excluding hydrogens is 374 g/mol. The molecule has 0 fully saturated rings. The molecule has 0 aliphatic carbocycles. The second kappa shape index (κ2) is 7.92. The lowest BCUT2D eigenvalue weighted by molar-refractivity contribution is -0.0512. The topological polar surface area (TPSA) is 52.6 Å². The average molecular weight is 392 g/mol. The predicted molar refractivity (Wildman–Crippen MR) is 99.9 cm³/mol. The van der Waals surface area contributed by atoms with Crippen molar-refractivity contribution in [3.8, 4) is 11.5 Å². The SMILES string of the molecule is COc1cc(CS(=O)(=O)Cc2cccc3ccccc23)ccc1OC(F)F. The monoisotopic (exact) mass is 392 g/mol. The van der Waals surface area contributed by atoms with Crippen molar-refractivity contribution >= 4 is 20.6 Å². The lowest BCUT2D eigenvalue weighted by Crippen LogP contribution is -2.09. The summed E-state index contributed by atoms with van der Waals surface area (Å²) in [6.07, 6.45) is 0. The van der Waals surface area contributed by atoms with Gasteiger partial charge in [0.2, 0.25) is 0 Å². The molecule has 0 N–H and O–H groups in total. The van der Waals surface area contributed by atoms with Gasteiger partial charge < -0.3 is 9.47 Å². The van der Waals surface area contributed by atoms with Gasteiger partial charge in [-0.2, -0.15) is 8.78 Å². The predicted octanol–water partition coefficient (Wildman–Crippen LogP) is 4.56. The third-order valence-electron chi connectivity index (χ3n) is 4.09. The Labute approximate surface area is 156 Å². The molecule has 0 amide bonds. The van der Waals surface area contributed by atoms with Crippen molar-refractivity contribution in [3.05, 3.63) is 71.8 Å². The molecule has 0 atom stereocenters. The van der Waals surface area contributed by atoms with Gasteiger partial charge in [0.15, 0.2) is 21.3 Å². The molecular formula is C20H18F2O4S. The number of ether oxygens (including phenoxy) is 2. The molecule has 0 unspecified atom stereocenters. The summed E-state index contributed by atoms with van der Waals surface area (Å²) in [4.78, 5) is 0. The number of rotatable bonds is 7. The van der Waals surface area contributed by atoms with Crippen LogP contribution in [0.5, 0.6) is 11.5 Å². The molecule has 3 rings (SSSR count). The van der Waals surface area contributed by atoms with Gasteiger partial charge in [-0.05, 0) is 34.0 Å². The standard InChI is InChI=1S/C20H18F2O4S/c1-25-19-11-14(9-10-18(19)26-20(21)22)12-27(23,24)13-16-7-4-6-15-5-2-3-8-17(15)16/h2-11,20H,12-13H2,1H3. The Morgan fingerprint density at radius 2 is 1.67 bits per heavy atom. The number of benzene rings is 3. The van der Waals surface area contributed by atoms with Crippen LogP contribution in [0, 0.1) is 0 Å². The van der Waals surface area contributed by atoms with E-state index in [-0.39, 0.29) is 23.0 Å². The van der Waals surface area contributed by atoms with Crippen LogP contribution in [-0.2, 0) is 21.3 Å². The first-order valence-electron chi connectivity index (χ1n) is 8.17. The van der Waals surface area contributed by atoms with Gasteiger partial charge in [-0.3, -0.25) is 0 Å². The van der Waals surface area contributed by atoms with Crippen LogP contribution in [0.15, 0.2) is 60.7 Å². The number of methoxy groups -OCH3 is 1. The molecule has 0 saturated carbocycles. The van der Waals surface area contributed by atoms with Crippen molar-refractivity contribution in [1.82, 2.24) is 0 Å². The van der Waals surface area contributed by atoms with E-state index in [4.69, 9.17) is 4.74 Å². The van der Waals surface area contributed by atoms with Gasteiger partial charge >= 0.3 is 6.61 Å². The lowest BCUT2D eigenvalue weighted by Gasteiger charge is -2.12. The van der Waals surface area contributed by atoms with E-state index in [1.807, 2.05) is 36.4 Å². The quantitative estimate of drug-likeness (QED) is 0.591. The van der Waals surface area contributed by atoms with Crippen molar-refractivity contribution in [3.63, 3.8) is 0 Å². The van der Waals surface area contributed by atoms with E-state index in [0.29, 0.717) is 5.56 Å². The molecule has 0 aliphatic rings. The van der Waals surface area contributed by atoms with Crippen molar-refractivity contribution in [2.24, 2.45) is 0 Å². The van der Waals surface area contributed by atoms with Crippen LogP contribution in [0.3, 0.4) is 0 Å². The van der Waals surface area contributed by atoms with E-state index in [9.17, 15) is 17.2 Å². The Morgan fingerprint density at radius 1 is 0.926 bits per heavy atom. The fourth-order valence-electron chi connectivity index (χ4n) is 2.96. The largest absolute Gasteiger partial charge is 0.493 e. The van der Waals surface area contributed by atoms with Crippen LogP contribution in [0.4, 0.5) is 8.78 Å². The smallest absolute Gasteiger partial charge is 0.387 e. The zero-order valence-electron chi connectivity index (χ0n) is 14.6. The van der Waals surface area contributed by atoms with Gasteiger partial charge in [0.1, 0.15) is 0 Å². The molecule has 3 aromatic carbocycles. The highest BCUT2D eigenvalue weighted by atomic mass is 32.2. The zero-order chi connectivity index (χ0) is 19.4. The first-order valence-corrected chi connectivity index (χ1v) is 9.99. The number of hydrogen-bond acceptors (Lipinski definition) is 4. The van der Waals surface area contributed by atoms with Gasteiger partial charge in [0, 0.05) is 0 Å². The molecule has 0 heterocycles. The average Bonchev–Trinajstić information content (AvgIpc) is 2.62. The number of alkyl halides is 2. The summed E-state index contributed by atoms with van der Waals surface area (Å²) in [7, 11) is -2.18. The maximum Gasteiger partial charge on any atom is 0.387 e. The number of fused-ring (bicyclic) bond motifs is 1. The Bertz CT molecular complexity index is 1040. The number of halogens is 2. The van der Waals surface area contributed by atoms with Gasteiger partial charge in [-0.1, -0.05) is 48.5 Å². The maximum absolute atomic E-state index is 12.7. The van der Waals surface area contributed by atoms with E-state index in [1.54, 1.807) is 6.07 Å². The molecule has 0 bridgehead atoms. The summed E-state index contributed by atoms with van der Waals surface area (Å²) in [6, 6.07) is 17.3. The Balaban J connectivity index is 1.84. The van der Waals surface area contributed by atoms with Crippen LogP contribution in [0.25, 0.3) is 10.8 Å². The van der Waals surface area contributed by atoms with Gasteiger partial charge in [0.05, 0.1) is 18.6 Å². The summed E-state index contributed by atoms with van der Waals surface area (Å²) in [5.41, 5.74) is 1.16. The number of hydrogen-bond donors (Lipinski definition) is 0. The summed E-state index contributed by atoms with van der Waals surface area (Å²) >= 11 is 0. The highest BCUT2D eigenvalue weighted by molar-refractivity contribution is 7.89. The molecule has 0 aliphatic heterocycles. The first-order chi connectivity index (χ1) is 12.9. The second-order valence-electron chi connectivity index (χ2n) is 6.03. The summed E-state index contributed by atoms with van der Waals surface area (Å²) in [5.74, 6) is -0.427. The van der Waals surface area contributed by atoms with Crippen molar-refractivity contribution in [2.75, 3.05) is 7.11 Å². The highest BCUT2D eigenvalue weighted by Gasteiger charge is 2.17. The van der Waals surface area contributed by atoms with Gasteiger partial charge in [-0.25, -0.2) is 8.42 Å². The van der Waals surface area contributed by atoms with Crippen molar-refractivity contribution in [2.45, 2.75) is 18.1 Å². The normalized spacial score (nSPS) is 11.7. The second-order valence-corrected chi connectivity index (χ2v) is 8.10. The molecule has 27 heavy (non-hydrogen) atoms. The van der Waals surface area contributed by atoms with E-state index in [2.05, 4.69) is 4.74 Å². The van der Waals surface area contributed by atoms with Crippen LogP contribution in [-0.4, -0.2) is 22.1 Å². The van der Waals surface area contributed by atoms with Crippen LogP contribution >= 0.6 is 0 Å². The summed E-state index contributed by atoms with van der Waals surface area (Å²) in [5, 5.41) is 1.86. The Hall–Kier alpha value is -2.67. The minimum absolute atomic E-state index is 0.0631. The molecule has 7 heteroatoms. The maximum atomic E-state index is 12.7. The van der Waals surface area contributed by atoms with Crippen LogP contribution in [0.2, 0.25) is 0 Å². The van der Waals surface area contributed by atoms with E-state index in [0.717, 1.165) is 16.3 Å². The summed E-state index contributed by atoms with van der Waals surface area (Å²) in [6.45, 7) is -2.99. The molecule has 0 saturated heterocycles. The highest BCUT2D eigenvalue weighted by Crippen LogP contribution is 2.30. The molecule has 142 valence electrons. The van der Waals surface area contributed by atoms with Crippen molar-refractivity contribution in [1.29, 1.82) is 0 Å². The van der Waals surface area contributed by atoms with Gasteiger partial charge in [0.25, 0.3) is 0 Å². The van der Waals surface area contributed by atoms with Crippen molar-refractivity contribution < 1.29 is 26.7 Å². The first kappa shape index (κ1) is 19.1. The third kappa shape index (κ3) is 4.74. The van der Waals surface area contributed by atoms with E-state index >= 15 is 0 Å². The van der Waals surface area contributed by atoms with Gasteiger partial charge in [-0.15, -0.1) is 0 Å². The Kier molecular flexibility index (Phi) is 5.60. The fourth-order valence-corrected chi connectivity index (χ4v) is 4.47. The van der Waals surface area contributed by atoms with E-state index < -0.39 is 16.4 Å². The molecule has 0 aromatic heterocycles. The van der Waals surface area contributed by atoms with E-state index in [1.165, 1.54) is 25.3 Å². The van der Waals surface area contributed by atoms with Crippen LogP contribution in [0.1, 0.15) is 11.1 Å². The summed E-state index contributed by atoms with van der Waals surface area (Å²) < 4.78 is 59.6. The zero-order valence-corrected chi connectivity index (χ0v) is 15.4. The lowest BCUT2D eigenvalue weighted by atomic mass is 10.1. The molecule has 0 radical (unpaired) electrons. The molecule has 3 aromatic rings. The van der Waals surface area contributed by atoms with Crippen LogP contribution < -0.4 is 9.47 Å². The molecule has 4 nitrogen and oxygen atoms in total. The minimum Gasteiger partial charge on any atom is -0.493 e. The number of sulfone groups is 1. The molecule has 0 spiro atoms.